The number of aliphatic imine (C=N–C) groups is 1. The standard InChI is InChI=1S/C18H14F2N2OS2/c1-11(12-5-3-2-4-6-12)22-17(23)16(25-18(22)24)10-21-15-8-7-13(19)9-14(15)20/h2-11,23H,1H3/t11-/m1/s1. The second-order valence-electron chi connectivity index (χ2n) is 5.37. The second kappa shape index (κ2) is 7.25. The summed E-state index contributed by atoms with van der Waals surface area (Å²) in [5.74, 6) is -1.47. The van der Waals surface area contributed by atoms with E-state index in [1.54, 1.807) is 4.57 Å². The first kappa shape index (κ1) is 17.4. The van der Waals surface area contributed by atoms with Crippen LogP contribution in [0.5, 0.6) is 5.88 Å². The van der Waals surface area contributed by atoms with Gasteiger partial charge in [0.25, 0.3) is 0 Å². The van der Waals surface area contributed by atoms with Gasteiger partial charge >= 0.3 is 0 Å². The van der Waals surface area contributed by atoms with Crippen molar-refractivity contribution in [1.82, 2.24) is 4.57 Å². The molecule has 128 valence electrons. The SMILES string of the molecule is C[C@H](c1ccccc1)n1c(O)c(C=Nc2ccc(F)cc2F)sc1=S. The molecule has 3 nitrogen and oxygen atoms in total. The average molecular weight is 376 g/mol. The number of rotatable bonds is 4. The Bertz CT molecular complexity index is 980. The van der Waals surface area contributed by atoms with Gasteiger partial charge in [-0.15, -0.1) is 0 Å². The van der Waals surface area contributed by atoms with Crippen molar-refractivity contribution in [2.24, 2.45) is 4.99 Å². The topological polar surface area (TPSA) is 37.5 Å². The lowest BCUT2D eigenvalue weighted by Crippen LogP contribution is -2.06. The van der Waals surface area contributed by atoms with E-state index in [9.17, 15) is 13.9 Å². The Labute approximate surface area is 152 Å². The molecule has 0 bridgehead atoms. The van der Waals surface area contributed by atoms with Crippen LogP contribution in [-0.2, 0) is 0 Å². The number of aromatic hydroxyl groups is 1. The molecule has 0 saturated heterocycles. The van der Waals surface area contributed by atoms with Crippen LogP contribution in [0.1, 0.15) is 23.4 Å². The van der Waals surface area contributed by atoms with Crippen molar-refractivity contribution in [3.63, 3.8) is 0 Å². The number of aromatic nitrogens is 1. The lowest BCUT2D eigenvalue weighted by Gasteiger charge is -2.14. The lowest BCUT2D eigenvalue weighted by molar-refractivity contribution is 0.405. The van der Waals surface area contributed by atoms with Gasteiger partial charge in [-0.05, 0) is 36.8 Å². The zero-order chi connectivity index (χ0) is 18.0. The molecule has 0 aliphatic heterocycles. The third-order valence-electron chi connectivity index (χ3n) is 3.74. The highest BCUT2D eigenvalue weighted by Gasteiger charge is 2.17. The Morgan fingerprint density at radius 1 is 1.20 bits per heavy atom. The van der Waals surface area contributed by atoms with Gasteiger partial charge in [0.05, 0.1) is 17.9 Å². The molecule has 0 unspecified atom stereocenters. The van der Waals surface area contributed by atoms with Gasteiger partial charge in [-0.2, -0.15) is 0 Å². The summed E-state index contributed by atoms with van der Waals surface area (Å²) in [5.41, 5.74) is 0.988. The van der Waals surface area contributed by atoms with Crippen molar-refractivity contribution in [2.45, 2.75) is 13.0 Å². The van der Waals surface area contributed by atoms with Gasteiger partial charge in [0.2, 0.25) is 5.88 Å². The largest absolute Gasteiger partial charge is 0.493 e. The Morgan fingerprint density at radius 3 is 2.60 bits per heavy atom. The molecule has 0 amide bonds. The van der Waals surface area contributed by atoms with E-state index in [0.717, 1.165) is 17.7 Å². The smallest absolute Gasteiger partial charge is 0.212 e. The number of thiazole rings is 1. The summed E-state index contributed by atoms with van der Waals surface area (Å²) in [6.07, 6.45) is 1.33. The van der Waals surface area contributed by atoms with E-state index < -0.39 is 11.6 Å². The fraction of sp³-hybridized carbons (Fsp3) is 0.111. The van der Waals surface area contributed by atoms with E-state index in [0.29, 0.717) is 8.83 Å². The van der Waals surface area contributed by atoms with Crippen LogP contribution in [0.2, 0.25) is 0 Å². The van der Waals surface area contributed by atoms with Gasteiger partial charge < -0.3 is 5.11 Å². The highest BCUT2D eigenvalue weighted by molar-refractivity contribution is 7.73. The maximum Gasteiger partial charge on any atom is 0.212 e. The van der Waals surface area contributed by atoms with Crippen LogP contribution in [0.4, 0.5) is 14.5 Å². The minimum absolute atomic E-state index is 0.0113. The molecule has 25 heavy (non-hydrogen) atoms. The Hall–Kier alpha value is -2.38. The summed E-state index contributed by atoms with van der Waals surface area (Å²) in [6.45, 7) is 1.93. The maximum absolute atomic E-state index is 13.6. The first-order valence-electron chi connectivity index (χ1n) is 7.45. The van der Waals surface area contributed by atoms with Gasteiger partial charge in [0.15, 0.2) is 9.77 Å². The van der Waals surface area contributed by atoms with Crippen molar-refractivity contribution in [1.29, 1.82) is 0 Å². The summed E-state index contributed by atoms with van der Waals surface area (Å²) in [6, 6.07) is 12.6. The lowest BCUT2D eigenvalue weighted by atomic mass is 10.1. The number of halogens is 2. The maximum atomic E-state index is 13.6. The van der Waals surface area contributed by atoms with Gasteiger partial charge in [0, 0.05) is 6.07 Å². The highest BCUT2D eigenvalue weighted by atomic mass is 32.1. The highest BCUT2D eigenvalue weighted by Crippen LogP contribution is 2.31. The molecular formula is C18H14F2N2OS2. The molecule has 1 atom stereocenters. The molecule has 0 aliphatic rings. The fourth-order valence-electron chi connectivity index (χ4n) is 2.41. The molecule has 0 fully saturated rings. The quantitative estimate of drug-likeness (QED) is 0.474. The molecule has 0 spiro atoms. The van der Waals surface area contributed by atoms with Crippen LogP contribution in [0.3, 0.4) is 0 Å². The zero-order valence-electron chi connectivity index (χ0n) is 13.2. The van der Waals surface area contributed by atoms with Crippen LogP contribution < -0.4 is 0 Å². The van der Waals surface area contributed by atoms with Crippen molar-refractivity contribution < 1.29 is 13.9 Å². The summed E-state index contributed by atoms with van der Waals surface area (Å²) in [4.78, 5) is 4.40. The predicted molar refractivity (Wildman–Crippen MR) is 98.7 cm³/mol. The molecule has 0 aliphatic carbocycles. The first-order valence-corrected chi connectivity index (χ1v) is 8.68. The van der Waals surface area contributed by atoms with E-state index >= 15 is 0 Å². The van der Waals surface area contributed by atoms with Crippen LogP contribution in [-0.4, -0.2) is 15.9 Å². The molecule has 0 saturated carbocycles. The van der Waals surface area contributed by atoms with Gasteiger partial charge in [0.1, 0.15) is 10.7 Å². The first-order chi connectivity index (χ1) is 12.0. The predicted octanol–water partition coefficient (Wildman–Crippen LogP) is 5.62. The summed E-state index contributed by atoms with van der Waals surface area (Å²) in [5, 5.41) is 10.5. The van der Waals surface area contributed by atoms with E-state index in [-0.39, 0.29) is 17.6 Å². The molecular weight excluding hydrogens is 362 g/mol. The molecule has 1 N–H and O–H groups in total. The third-order valence-corrected chi connectivity index (χ3v) is 5.07. The minimum atomic E-state index is -0.767. The monoisotopic (exact) mass is 376 g/mol. The molecule has 1 aromatic heterocycles. The number of benzene rings is 2. The molecule has 0 radical (unpaired) electrons. The Morgan fingerprint density at radius 2 is 1.92 bits per heavy atom. The van der Waals surface area contributed by atoms with Gasteiger partial charge in [-0.1, -0.05) is 41.7 Å². The van der Waals surface area contributed by atoms with Crippen molar-refractivity contribution in [2.75, 3.05) is 0 Å². The van der Waals surface area contributed by atoms with E-state index in [4.69, 9.17) is 12.2 Å². The fourth-order valence-corrected chi connectivity index (χ4v) is 3.75. The molecule has 3 rings (SSSR count). The molecule has 7 heteroatoms. The molecule has 3 aromatic rings. The van der Waals surface area contributed by atoms with Crippen LogP contribution in [0.25, 0.3) is 0 Å². The van der Waals surface area contributed by atoms with Gasteiger partial charge in [-0.3, -0.25) is 9.56 Å². The van der Waals surface area contributed by atoms with Crippen LogP contribution in [0.15, 0.2) is 53.5 Å². The summed E-state index contributed by atoms with van der Waals surface area (Å²) >= 11 is 6.52. The zero-order valence-corrected chi connectivity index (χ0v) is 14.8. The van der Waals surface area contributed by atoms with Crippen molar-refractivity contribution >= 4 is 35.5 Å². The van der Waals surface area contributed by atoms with Crippen molar-refractivity contribution in [3.05, 3.63) is 74.6 Å². The van der Waals surface area contributed by atoms with E-state index in [2.05, 4.69) is 4.99 Å². The third kappa shape index (κ3) is 3.67. The van der Waals surface area contributed by atoms with Crippen LogP contribution >= 0.6 is 23.6 Å². The van der Waals surface area contributed by atoms with E-state index in [1.165, 1.54) is 23.6 Å². The second-order valence-corrected chi connectivity index (χ2v) is 7.04. The summed E-state index contributed by atoms with van der Waals surface area (Å²) in [7, 11) is 0. The number of hydrogen-bond acceptors (Lipinski definition) is 4. The molecule has 1 heterocycles. The number of hydrogen-bond donors (Lipinski definition) is 1. The summed E-state index contributed by atoms with van der Waals surface area (Å²) < 4.78 is 28.7. The minimum Gasteiger partial charge on any atom is -0.493 e. The van der Waals surface area contributed by atoms with Crippen molar-refractivity contribution in [3.8, 4) is 5.88 Å². The van der Waals surface area contributed by atoms with E-state index in [1.807, 2.05) is 37.3 Å². The Kier molecular flexibility index (Phi) is 5.06. The molecule has 2 aromatic carbocycles. The van der Waals surface area contributed by atoms with Gasteiger partial charge in [-0.25, -0.2) is 8.78 Å². The average Bonchev–Trinajstić information content (AvgIpc) is 2.88. The van der Waals surface area contributed by atoms with Crippen LogP contribution in [0, 0.1) is 15.6 Å². The Balaban J connectivity index is 1.94. The normalized spacial score (nSPS) is 12.6. The number of nitrogens with zero attached hydrogens (tertiary/aromatic N) is 2.